The standard InChI is InChI=1S/C18H20FNO.C8H18.C5H10O2.C2H6/c1-6-12(3)14(7-2)10-13(4)16-9-8-15(11-17(16)19)18(21)20-5;1-4-6-8(3)7-5-2;1-4(2)7-5(3)6;1-2/h6-11H,1-2H2,3-5H3,(H,20,21);8H,4-7H2,1-3H3;4H,1-3H3;1-2H3/b13-10+,14-12-;;;. The van der Waals surface area contributed by atoms with Crippen LogP contribution in [0.2, 0.25) is 0 Å². The topological polar surface area (TPSA) is 55.4 Å². The first-order valence-corrected chi connectivity index (χ1v) is 13.7. The van der Waals surface area contributed by atoms with Crippen LogP contribution in [0.4, 0.5) is 4.39 Å². The first-order chi connectivity index (χ1) is 17.9. The summed E-state index contributed by atoms with van der Waals surface area (Å²) in [7, 11) is 1.51. The maximum absolute atomic E-state index is 14.2. The fourth-order valence-electron chi connectivity index (χ4n) is 3.34. The lowest BCUT2D eigenvalue weighted by atomic mass is 10.00. The molecular formula is C33H54FNO3. The molecule has 0 aliphatic heterocycles. The summed E-state index contributed by atoms with van der Waals surface area (Å²) in [5, 5.41) is 2.47. The minimum Gasteiger partial charge on any atom is -0.463 e. The molecule has 1 amide bonds. The van der Waals surface area contributed by atoms with E-state index in [-0.39, 0.29) is 18.0 Å². The van der Waals surface area contributed by atoms with Crippen molar-refractivity contribution in [2.75, 3.05) is 7.05 Å². The summed E-state index contributed by atoms with van der Waals surface area (Å²) in [5.74, 6) is 0.0146. The highest BCUT2D eigenvalue weighted by molar-refractivity contribution is 5.94. The van der Waals surface area contributed by atoms with E-state index in [4.69, 9.17) is 0 Å². The van der Waals surface area contributed by atoms with E-state index in [0.717, 1.165) is 22.6 Å². The summed E-state index contributed by atoms with van der Waals surface area (Å²) in [6, 6.07) is 4.45. The molecular weight excluding hydrogens is 477 g/mol. The Bertz CT molecular complexity index is 892. The van der Waals surface area contributed by atoms with Gasteiger partial charge in [-0.15, -0.1) is 0 Å². The van der Waals surface area contributed by atoms with Crippen LogP contribution in [0.25, 0.3) is 5.57 Å². The average Bonchev–Trinajstić information content (AvgIpc) is 2.87. The molecule has 38 heavy (non-hydrogen) atoms. The first-order valence-electron chi connectivity index (χ1n) is 13.7. The molecule has 0 fully saturated rings. The molecule has 1 aromatic carbocycles. The lowest BCUT2D eigenvalue weighted by Crippen LogP contribution is -2.17. The second-order valence-corrected chi connectivity index (χ2v) is 8.99. The molecule has 1 aromatic rings. The number of rotatable bonds is 10. The van der Waals surface area contributed by atoms with Gasteiger partial charge in [0.1, 0.15) is 5.82 Å². The highest BCUT2D eigenvalue weighted by Crippen LogP contribution is 2.22. The van der Waals surface area contributed by atoms with Gasteiger partial charge in [-0.05, 0) is 62.5 Å². The quantitative estimate of drug-likeness (QED) is 0.242. The molecule has 0 heterocycles. The molecule has 0 bridgehead atoms. The van der Waals surface area contributed by atoms with Crippen molar-refractivity contribution in [3.8, 4) is 0 Å². The first kappa shape index (κ1) is 39.6. The van der Waals surface area contributed by atoms with Crippen molar-refractivity contribution in [3.63, 3.8) is 0 Å². The van der Waals surface area contributed by atoms with Gasteiger partial charge in [-0.3, -0.25) is 9.59 Å². The number of nitrogens with one attached hydrogen (secondary N) is 1. The van der Waals surface area contributed by atoms with Crippen LogP contribution in [0, 0.1) is 11.7 Å². The lowest BCUT2D eigenvalue weighted by Gasteiger charge is -2.07. The van der Waals surface area contributed by atoms with Crippen molar-refractivity contribution in [2.45, 2.75) is 101 Å². The molecule has 4 nitrogen and oxygen atoms in total. The molecule has 0 spiro atoms. The van der Waals surface area contributed by atoms with E-state index in [9.17, 15) is 14.0 Å². The molecule has 0 radical (unpaired) electrons. The van der Waals surface area contributed by atoms with Crippen molar-refractivity contribution >= 4 is 17.4 Å². The van der Waals surface area contributed by atoms with Crippen LogP contribution in [0.15, 0.2) is 60.7 Å². The van der Waals surface area contributed by atoms with Gasteiger partial charge < -0.3 is 10.1 Å². The molecule has 216 valence electrons. The summed E-state index contributed by atoms with van der Waals surface area (Å²) >= 11 is 0. The molecule has 0 aromatic heterocycles. The summed E-state index contributed by atoms with van der Waals surface area (Å²) in [5.41, 5.74) is 3.36. The van der Waals surface area contributed by atoms with Gasteiger partial charge in [-0.25, -0.2) is 4.39 Å². The minimum absolute atomic E-state index is 0.0255. The van der Waals surface area contributed by atoms with Gasteiger partial charge >= 0.3 is 5.97 Å². The van der Waals surface area contributed by atoms with Crippen LogP contribution >= 0.6 is 0 Å². The van der Waals surface area contributed by atoms with E-state index >= 15 is 0 Å². The Labute approximate surface area is 233 Å². The van der Waals surface area contributed by atoms with Gasteiger partial charge in [0.25, 0.3) is 5.91 Å². The predicted octanol–water partition coefficient (Wildman–Crippen LogP) is 9.48. The molecule has 0 saturated carbocycles. The maximum atomic E-state index is 14.2. The number of allylic oxidation sites excluding steroid dienone is 6. The Morgan fingerprint density at radius 3 is 1.84 bits per heavy atom. The molecule has 0 aliphatic carbocycles. The van der Waals surface area contributed by atoms with Crippen LogP contribution in [0.1, 0.15) is 111 Å². The SMILES string of the molecule is C=C/C(C)=C(C=C)\C=C(/C)c1ccc(C(=O)NC)cc1F.CC.CC(=O)OC(C)C.CCCC(C)CCC. The fourth-order valence-corrected chi connectivity index (χ4v) is 3.34. The number of carbonyl (C=O) groups excluding carboxylic acids is 2. The highest BCUT2D eigenvalue weighted by atomic mass is 19.1. The molecule has 5 heteroatoms. The fraction of sp³-hybridized carbons (Fsp3) is 0.515. The van der Waals surface area contributed by atoms with Crippen LogP contribution in [-0.2, 0) is 9.53 Å². The van der Waals surface area contributed by atoms with Gasteiger partial charge in [0, 0.05) is 25.1 Å². The smallest absolute Gasteiger partial charge is 0.302 e. The van der Waals surface area contributed by atoms with Gasteiger partial charge in [-0.1, -0.05) is 97.8 Å². The van der Waals surface area contributed by atoms with Crippen molar-refractivity contribution in [2.24, 2.45) is 5.92 Å². The van der Waals surface area contributed by atoms with Gasteiger partial charge in [0.2, 0.25) is 0 Å². The molecule has 1 rings (SSSR count). The second kappa shape index (κ2) is 24.4. The third-order valence-electron chi connectivity index (χ3n) is 5.20. The lowest BCUT2D eigenvalue weighted by molar-refractivity contribution is -0.144. The number of carbonyl (C=O) groups is 2. The van der Waals surface area contributed by atoms with E-state index in [2.05, 4.69) is 44.0 Å². The van der Waals surface area contributed by atoms with E-state index in [1.165, 1.54) is 45.7 Å². The number of hydrogen-bond donors (Lipinski definition) is 1. The summed E-state index contributed by atoms with van der Waals surface area (Å²) < 4.78 is 18.8. The minimum atomic E-state index is -0.426. The number of benzene rings is 1. The van der Waals surface area contributed by atoms with Crippen molar-refractivity contribution in [1.82, 2.24) is 5.32 Å². The summed E-state index contributed by atoms with van der Waals surface area (Å²) in [4.78, 5) is 21.5. The van der Waals surface area contributed by atoms with Crippen LogP contribution in [-0.4, -0.2) is 25.0 Å². The predicted molar refractivity (Wildman–Crippen MR) is 164 cm³/mol. The van der Waals surface area contributed by atoms with Gasteiger partial charge in [-0.2, -0.15) is 0 Å². The van der Waals surface area contributed by atoms with Crippen molar-refractivity contribution < 1.29 is 18.7 Å². The largest absolute Gasteiger partial charge is 0.463 e. The zero-order valence-electron chi connectivity index (χ0n) is 26.0. The highest BCUT2D eigenvalue weighted by Gasteiger charge is 2.10. The zero-order valence-corrected chi connectivity index (χ0v) is 26.0. The van der Waals surface area contributed by atoms with Crippen molar-refractivity contribution in [1.29, 1.82) is 0 Å². The normalized spacial score (nSPS) is 10.9. The molecule has 0 atom stereocenters. The number of ether oxygens (including phenoxy) is 1. The van der Waals surface area contributed by atoms with E-state index in [1.54, 1.807) is 24.3 Å². The Hall–Kier alpha value is -2.95. The molecule has 0 saturated heterocycles. The number of halogens is 1. The third kappa shape index (κ3) is 19.2. The number of hydrogen-bond acceptors (Lipinski definition) is 3. The van der Waals surface area contributed by atoms with E-state index in [0.29, 0.717) is 11.1 Å². The van der Waals surface area contributed by atoms with E-state index in [1.807, 2.05) is 47.6 Å². The zero-order chi connectivity index (χ0) is 30.3. The molecule has 0 unspecified atom stereocenters. The Morgan fingerprint density at radius 1 is 1.00 bits per heavy atom. The summed E-state index contributed by atoms with van der Waals surface area (Å²) in [6.45, 7) is 27.1. The Morgan fingerprint density at radius 2 is 1.53 bits per heavy atom. The molecule has 0 aliphatic rings. The monoisotopic (exact) mass is 531 g/mol. The number of esters is 1. The van der Waals surface area contributed by atoms with Gasteiger partial charge in [0.15, 0.2) is 0 Å². The second-order valence-electron chi connectivity index (χ2n) is 8.99. The van der Waals surface area contributed by atoms with Crippen LogP contribution < -0.4 is 5.32 Å². The number of amides is 1. The average molecular weight is 532 g/mol. The van der Waals surface area contributed by atoms with Crippen LogP contribution in [0.3, 0.4) is 0 Å². The van der Waals surface area contributed by atoms with Crippen molar-refractivity contribution in [3.05, 3.63) is 77.7 Å². The third-order valence-corrected chi connectivity index (χ3v) is 5.20. The Balaban J connectivity index is -0.000000591. The molecule has 1 N–H and O–H groups in total. The Kier molecular flexibility index (Phi) is 25.4. The maximum Gasteiger partial charge on any atom is 0.302 e. The summed E-state index contributed by atoms with van der Waals surface area (Å²) in [6.07, 6.45) is 10.8. The van der Waals surface area contributed by atoms with Crippen LogP contribution in [0.5, 0.6) is 0 Å². The van der Waals surface area contributed by atoms with E-state index < -0.39 is 5.82 Å². The van der Waals surface area contributed by atoms with Gasteiger partial charge in [0.05, 0.1) is 6.10 Å².